The molecule has 0 N–H and O–H groups in total. The molecule has 1 heterocycles. The van der Waals surface area contributed by atoms with Gasteiger partial charge in [-0.05, 0) is 6.42 Å². The molecule has 6 heteroatoms. The van der Waals surface area contributed by atoms with Crippen molar-refractivity contribution in [3.63, 3.8) is 0 Å². The number of rotatable bonds is 3. The number of carbonyl (C=O) groups excluding carboxylic acids is 2. The maximum atomic E-state index is 11.2. The first-order valence-electron chi connectivity index (χ1n) is 4.26. The van der Waals surface area contributed by atoms with Crippen LogP contribution < -0.4 is 0 Å². The highest BCUT2D eigenvalue weighted by Crippen LogP contribution is 2.08. The molecule has 1 amide bonds. The fourth-order valence-corrected chi connectivity index (χ4v) is 1.31. The summed E-state index contributed by atoms with van der Waals surface area (Å²) in [6.45, 7) is 0.608. The number of nitrogens with zero attached hydrogens (tertiary/aromatic N) is 3. The predicted molar refractivity (Wildman–Crippen MR) is 46.5 cm³/mol. The maximum absolute atomic E-state index is 11.2. The van der Waals surface area contributed by atoms with E-state index in [-0.39, 0.29) is 18.2 Å². The zero-order valence-electron chi connectivity index (χ0n) is 7.89. The third kappa shape index (κ3) is 2.17. The van der Waals surface area contributed by atoms with Crippen LogP contribution in [0.4, 0.5) is 0 Å². The van der Waals surface area contributed by atoms with Crippen molar-refractivity contribution in [1.29, 1.82) is 0 Å². The molecule has 1 saturated heterocycles. The number of likely N-dealkylation sites (tertiary alicyclic amines) is 1. The first kappa shape index (κ1) is 10.4. The van der Waals surface area contributed by atoms with Crippen LogP contribution in [0.25, 0.3) is 5.53 Å². The van der Waals surface area contributed by atoms with Crippen molar-refractivity contribution in [3.05, 3.63) is 5.53 Å². The van der Waals surface area contributed by atoms with E-state index in [4.69, 9.17) is 5.53 Å². The molecule has 0 aromatic carbocycles. The summed E-state index contributed by atoms with van der Waals surface area (Å²) >= 11 is 0. The molecule has 6 nitrogen and oxygen atoms in total. The number of methoxy groups -OCH3 is 1. The lowest BCUT2D eigenvalue weighted by molar-refractivity contribution is -0.138. The minimum Gasteiger partial charge on any atom is -0.460 e. The SMILES string of the molecule is COC(=O)C(CN1CCCC1=O)=[N+]=[N-]. The van der Waals surface area contributed by atoms with E-state index in [0.717, 1.165) is 6.42 Å². The Kier molecular flexibility index (Phi) is 3.36. The van der Waals surface area contributed by atoms with E-state index in [1.165, 1.54) is 12.0 Å². The number of ether oxygens (including phenoxy) is 1. The van der Waals surface area contributed by atoms with Gasteiger partial charge < -0.3 is 15.2 Å². The molecule has 0 saturated carbocycles. The molecule has 76 valence electrons. The van der Waals surface area contributed by atoms with E-state index in [9.17, 15) is 9.59 Å². The quantitative estimate of drug-likeness (QED) is 0.263. The van der Waals surface area contributed by atoms with Crippen molar-refractivity contribution in [1.82, 2.24) is 4.90 Å². The van der Waals surface area contributed by atoms with Gasteiger partial charge >= 0.3 is 11.7 Å². The lowest BCUT2D eigenvalue weighted by Gasteiger charge is -2.10. The molecular formula is C8H11N3O3. The lowest BCUT2D eigenvalue weighted by atomic mass is 10.3. The van der Waals surface area contributed by atoms with Gasteiger partial charge in [-0.1, -0.05) is 0 Å². The maximum Gasteiger partial charge on any atom is 0.418 e. The molecule has 0 spiro atoms. The highest BCUT2D eigenvalue weighted by Gasteiger charge is 2.29. The Morgan fingerprint density at radius 2 is 2.43 bits per heavy atom. The molecule has 0 atom stereocenters. The minimum atomic E-state index is -0.716. The van der Waals surface area contributed by atoms with Crippen LogP contribution in [0.2, 0.25) is 0 Å². The van der Waals surface area contributed by atoms with Crippen LogP contribution >= 0.6 is 0 Å². The molecule has 0 bridgehead atoms. The summed E-state index contributed by atoms with van der Waals surface area (Å²) in [4.78, 5) is 26.4. The summed E-state index contributed by atoms with van der Waals surface area (Å²) in [6.07, 6.45) is 1.26. The van der Waals surface area contributed by atoms with E-state index < -0.39 is 5.97 Å². The standard InChI is InChI=1S/C8H11N3O3/c1-14-8(13)6(10-9)5-11-4-2-3-7(11)12/h2-5H2,1H3. The summed E-state index contributed by atoms with van der Waals surface area (Å²) in [5, 5.41) is 0. The van der Waals surface area contributed by atoms with Gasteiger partial charge in [-0.15, -0.1) is 0 Å². The van der Waals surface area contributed by atoms with Crippen LogP contribution in [0, 0.1) is 0 Å². The zero-order chi connectivity index (χ0) is 10.6. The molecule has 0 aromatic rings. The molecule has 1 aliphatic heterocycles. The molecule has 0 aromatic heterocycles. The largest absolute Gasteiger partial charge is 0.460 e. The molecule has 1 aliphatic rings. The van der Waals surface area contributed by atoms with Crippen molar-refractivity contribution in [3.8, 4) is 0 Å². The number of carbonyl (C=O) groups is 2. The Hall–Kier alpha value is -1.68. The zero-order valence-corrected chi connectivity index (χ0v) is 7.89. The third-order valence-electron chi connectivity index (χ3n) is 2.05. The molecule has 1 rings (SSSR count). The second-order valence-corrected chi connectivity index (χ2v) is 2.96. The predicted octanol–water partition coefficient (Wildman–Crippen LogP) is -0.547. The molecule has 0 unspecified atom stereocenters. The van der Waals surface area contributed by atoms with Gasteiger partial charge in [-0.25, -0.2) is 4.79 Å². The summed E-state index contributed by atoms with van der Waals surface area (Å²) in [7, 11) is 1.19. The van der Waals surface area contributed by atoms with Gasteiger partial charge in [-0.2, -0.15) is 4.79 Å². The van der Waals surface area contributed by atoms with Crippen molar-refractivity contribution in [2.24, 2.45) is 0 Å². The summed E-state index contributed by atoms with van der Waals surface area (Å²) in [5.41, 5.74) is 8.37. The first-order valence-corrected chi connectivity index (χ1v) is 4.26. The molecular weight excluding hydrogens is 186 g/mol. The van der Waals surface area contributed by atoms with Gasteiger partial charge in [0.1, 0.15) is 6.54 Å². The normalized spacial score (nSPS) is 15.2. The highest BCUT2D eigenvalue weighted by atomic mass is 16.5. The third-order valence-corrected chi connectivity index (χ3v) is 2.05. The van der Waals surface area contributed by atoms with Crippen molar-refractivity contribution in [2.45, 2.75) is 12.8 Å². The molecule has 0 radical (unpaired) electrons. The van der Waals surface area contributed by atoms with Crippen LogP contribution in [0.5, 0.6) is 0 Å². The fraction of sp³-hybridized carbons (Fsp3) is 0.625. The number of hydrogen-bond donors (Lipinski definition) is 0. The smallest absolute Gasteiger partial charge is 0.418 e. The van der Waals surface area contributed by atoms with Crippen LogP contribution in [0.3, 0.4) is 0 Å². The summed E-state index contributed by atoms with van der Waals surface area (Å²) in [5.74, 6) is -0.748. The van der Waals surface area contributed by atoms with Crippen LogP contribution in [-0.2, 0) is 14.3 Å². The summed E-state index contributed by atoms with van der Waals surface area (Å²) < 4.78 is 4.38. The average molecular weight is 197 g/mol. The monoisotopic (exact) mass is 197 g/mol. The Bertz CT molecular complexity index is 307. The van der Waals surface area contributed by atoms with Gasteiger partial charge in [-0.3, -0.25) is 4.79 Å². The minimum absolute atomic E-state index is 0.0159. The van der Waals surface area contributed by atoms with E-state index in [0.29, 0.717) is 13.0 Å². The van der Waals surface area contributed by atoms with Gasteiger partial charge in [0.25, 0.3) is 0 Å². The van der Waals surface area contributed by atoms with Crippen molar-refractivity contribution in [2.75, 3.05) is 20.2 Å². The lowest BCUT2D eigenvalue weighted by Crippen LogP contribution is -2.35. The van der Waals surface area contributed by atoms with Crippen LogP contribution in [0.15, 0.2) is 0 Å². The highest BCUT2D eigenvalue weighted by molar-refractivity contribution is 6.35. The first-order chi connectivity index (χ1) is 6.69. The Morgan fingerprint density at radius 3 is 2.86 bits per heavy atom. The van der Waals surface area contributed by atoms with Crippen molar-refractivity contribution >= 4 is 17.6 Å². The van der Waals surface area contributed by atoms with Gasteiger partial charge in [0.2, 0.25) is 5.91 Å². The average Bonchev–Trinajstić information content (AvgIpc) is 2.59. The number of esters is 1. The molecule has 14 heavy (non-hydrogen) atoms. The van der Waals surface area contributed by atoms with Crippen LogP contribution in [-0.4, -0.2) is 47.5 Å². The second-order valence-electron chi connectivity index (χ2n) is 2.96. The van der Waals surface area contributed by atoms with E-state index >= 15 is 0 Å². The van der Waals surface area contributed by atoms with E-state index in [1.807, 2.05) is 0 Å². The van der Waals surface area contributed by atoms with Gasteiger partial charge in [0.05, 0.1) is 7.11 Å². The Morgan fingerprint density at radius 1 is 1.71 bits per heavy atom. The van der Waals surface area contributed by atoms with Crippen LogP contribution in [0.1, 0.15) is 12.8 Å². The van der Waals surface area contributed by atoms with E-state index in [2.05, 4.69) is 9.53 Å². The molecule has 1 fully saturated rings. The topological polar surface area (TPSA) is 83.0 Å². The number of amides is 1. The Balaban J connectivity index is 2.62. The summed E-state index contributed by atoms with van der Waals surface area (Å²) in [6, 6.07) is 0. The fourth-order valence-electron chi connectivity index (χ4n) is 1.31. The van der Waals surface area contributed by atoms with Gasteiger partial charge in [0, 0.05) is 13.0 Å². The van der Waals surface area contributed by atoms with E-state index in [1.54, 1.807) is 0 Å². The Labute approximate surface area is 81.1 Å². The van der Waals surface area contributed by atoms with Gasteiger partial charge in [0.15, 0.2) is 0 Å². The second kappa shape index (κ2) is 4.53. The molecule has 0 aliphatic carbocycles. The van der Waals surface area contributed by atoms with Crippen molar-refractivity contribution < 1.29 is 19.1 Å². The number of hydrogen-bond acceptors (Lipinski definition) is 3.